The van der Waals surface area contributed by atoms with Crippen molar-refractivity contribution in [2.75, 3.05) is 32.7 Å². The predicted molar refractivity (Wildman–Crippen MR) is 78.8 cm³/mol. The van der Waals surface area contributed by atoms with Crippen molar-refractivity contribution in [3.8, 4) is 0 Å². The van der Waals surface area contributed by atoms with Gasteiger partial charge >= 0.3 is 0 Å². The third-order valence-electron chi connectivity index (χ3n) is 2.63. The summed E-state index contributed by atoms with van der Waals surface area (Å²) >= 11 is 0. The Labute approximate surface area is 115 Å². The highest BCUT2D eigenvalue weighted by atomic mass is 16.1. The molecule has 0 aromatic rings. The Morgan fingerprint density at radius 1 is 1.05 bits per heavy atom. The first-order chi connectivity index (χ1) is 8.99. The molecule has 0 unspecified atom stereocenters. The highest BCUT2D eigenvalue weighted by molar-refractivity contribution is 5.75. The standard InChI is InChI=1S/C11H21N5O.C2H6/c1-9(12)2-3-10(13)16-6-4-15(5-7-16)8-11(14)17;1-2/h2-3H,4-8,12-13H2,1H3,(H2,14,17);1-2H3/b9-2-,10-3+;. The fourth-order valence-corrected chi connectivity index (χ4v) is 1.71. The number of piperazine rings is 1. The van der Waals surface area contributed by atoms with Crippen LogP contribution in [-0.4, -0.2) is 48.4 Å². The van der Waals surface area contributed by atoms with Crippen LogP contribution < -0.4 is 17.2 Å². The fraction of sp³-hybridized carbons (Fsp3) is 0.615. The summed E-state index contributed by atoms with van der Waals surface area (Å²) in [5.41, 5.74) is 17.3. The number of carbonyl (C=O) groups is 1. The molecule has 0 aromatic carbocycles. The molecule has 19 heavy (non-hydrogen) atoms. The van der Waals surface area contributed by atoms with E-state index in [9.17, 15) is 4.79 Å². The van der Waals surface area contributed by atoms with Crippen LogP contribution in [0.4, 0.5) is 0 Å². The molecular weight excluding hydrogens is 242 g/mol. The summed E-state index contributed by atoms with van der Waals surface area (Å²) in [5, 5.41) is 0. The molecule has 0 bridgehead atoms. The summed E-state index contributed by atoms with van der Waals surface area (Å²) in [7, 11) is 0. The lowest BCUT2D eigenvalue weighted by molar-refractivity contribution is -0.119. The Balaban J connectivity index is 0.00000154. The molecule has 0 radical (unpaired) electrons. The van der Waals surface area contributed by atoms with Gasteiger partial charge in [-0.2, -0.15) is 0 Å². The van der Waals surface area contributed by atoms with Crippen molar-refractivity contribution in [2.45, 2.75) is 20.8 Å². The molecule has 1 saturated heterocycles. The number of rotatable bonds is 4. The van der Waals surface area contributed by atoms with Crippen LogP contribution in [0.25, 0.3) is 0 Å². The Hall–Kier alpha value is -1.69. The molecule has 6 nitrogen and oxygen atoms in total. The smallest absolute Gasteiger partial charge is 0.231 e. The number of amides is 1. The Kier molecular flexibility index (Phi) is 8.44. The van der Waals surface area contributed by atoms with E-state index in [1.165, 1.54) is 0 Å². The van der Waals surface area contributed by atoms with E-state index in [0.29, 0.717) is 12.4 Å². The van der Waals surface area contributed by atoms with Crippen molar-refractivity contribution in [1.29, 1.82) is 0 Å². The predicted octanol–water partition coefficient (Wildman–Crippen LogP) is -0.222. The van der Waals surface area contributed by atoms with E-state index in [0.717, 1.165) is 31.9 Å². The lowest BCUT2D eigenvalue weighted by Gasteiger charge is -2.35. The monoisotopic (exact) mass is 269 g/mol. The van der Waals surface area contributed by atoms with Gasteiger partial charge in [-0.15, -0.1) is 0 Å². The fourth-order valence-electron chi connectivity index (χ4n) is 1.71. The second kappa shape index (κ2) is 9.27. The highest BCUT2D eigenvalue weighted by Gasteiger charge is 2.17. The van der Waals surface area contributed by atoms with Gasteiger partial charge in [0, 0.05) is 31.9 Å². The van der Waals surface area contributed by atoms with Gasteiger partial charge in [0.1, 0.15) is 0 Å². The normalized spacial score (nSPS) is 17.7. The molecule has 0 aliphatic carbocycles. The molecule has 6 N–H and O–H groups in total. The molecular formula is C13H27N5O. The van der Waals surface area contributed by atoms with Crippen LogP contribution in [-0.2, 0) is 4.79 Å². The van der Waals surface area contributed by atoms with Crippen LogP contribution >= 0.6 is 0 Å². The van der Waals surface area contributed by atoms with Crippen molar-refractivity contribution >= 4 is 5.91 Å². The third-order valence-corrected chi connectivity index (χ3v) is 2.63. The first-order valence-electron chi connectivity index (χ1n) is 6.64. The first-order valence-corrected chi connectivity index (χ1v) is 6.64. The van der Waals surface area contributed by atoms with Gasteiger partial charge in [-0.3, -0.25) is 9.69 Å². The van der Waals surface area contributed by atoms with Crippen LogP contribution in [0.15, 0.2) is 23.7 Å². The molecule has 0 aromatic heterocycles. The number of primary amides is 1. The third kappa shape index (κ3) is 7.35. The van der Waals surface area contributed by atoms with E-state index in [2.05, 4.69) is 4.90 Å². The quantitative estimate of drug-likeness (QED) is 0.612. The SMILES string of the molecule is C/C(N)=C/C=C(\N)N1CCN(CC(N)=O)CC1.CC. The maximum absolute atomic E-state index is 10.8. The van der Waals surface area contributed by atoms with Crippen molar-refractivity contribution in [3.63, 3.8) is 0 Å². The van der Waals surface area contributed by atoms with Gasteiger partial charge in [-0.05, 0) is 19.1 Å². The van der Waals surface area contributed by atoms with E-state index in [1.54, 1.807) is 12.2 Å². The van der Waals surface area contributed by atoms with Gasteiger partial charge in [0.15, 0.2) is 0 Å². The number of hydrogen-bond acceptors (Lipinski definition) is 5. The van der Waals surface area contributed by atoms with E-state index in [-0.39, 0.29) is 5.91 Å². The van der Waals surface area contributed by atoms with Gasteiger partial charge in [0.2, 0.25) is 5.91 Å². The number of nitrogens with two attached hydrogens (primary N) is 3. The van der Waals surface area contributed by atoms with E-state index < -0.39 is 0 Å². The molecule has 1 aliphatic heterocycles. The zero-order valence-electron chi connectivity index (χ0n) is 12.2. The second-order valence-corrected chi connectivity index (χ2v) is 4.23. The maximum Gasteiger partial charge on any atom is 0.231 e. The van der Waals surface area contributed by atoms with Gasteiger partial charge in [0.05, 0.1) is 12.4 Å². The van der Waals surface area contributed by atoms with Crippen LogP contribution in [0.3, 0.4) is 0 Å². The van der Waals surface area contributed by atoms with E-state index in [4.69, 9.17) is 17.2 Å². The number of hydrogen-bond donors (Lipinski definition) is 3. The lowest BCUT2D eigenvalue weighted by atomic mass is 10.3. The molecule has 0 atom stereocenters. The Bertz CT molecular complexity index is 326. The average Bonchev–Trinajstić information content (AvgIpc) is 2.38. The lowest BCUT2D eigenvalue weighted by Crippen LogP contribution is -2.49. The summed E-state index contributed by atoms with van der Waals surface area (Å²) in [6.07, 6.45) is 3.59. The number of allylic oxidation sites excluding steroid dienone is 3. The molecule has 1 fully saturated rings. The summed E-state index contributed by atoms with van der Waals surface area (Å²) in [4.78, 5) is 14.9. The minimum atomic E-state index is -0.288. The molecule has 0 saturated carbocycles. The molecule has 110 valence electrons. The minimum Gasteiger partial charge on any atom is -0.402 e. The second-order valence-electron chi connectivity index (χ2n) is 4.23. The summed E-state index contributed by atoms with van der Waals surface area (Å²) in [6, 6.07) is 0. The average molecular weight is 269 g/mol. The Morgan fingerprint density at radius 2 is 1.58 bits per heavy atom. The van der Waals surface area contributed by atoms with Crippen molar-refractivity contribution in [3.05, 3.63) is 23.7 Å². The first kappa shape index (κ1) is 17.3. The number of carbonyl (C=O) groups excluding carboxylic acids is 1. The van der Waals surface area contributed by atoms with Crippen molar-refractivity contribution in [2.24, 2.45) is 17.2 Å². The van der Waals surface area contributed by atoms with E-state index >= 15 is 0 Å². The summed E-state index contributed by atoms with van der Waals surface area (Å²) in [5.74, 6) is 0.414. The van der Waals surface area contributed by atoms with Crippen molar-refractivity contribution in [1.82, 2.24) is 9.80 Å². The van der Waals surface area contributed by atoms with Gasteiger partial charge in [-0.1, -0.05) is 13.8 Å². The summed E-state index contributed by atoms with van der Waals surface area (Å²) < 4.78 is 0. The minimum absolute atomic E-state index is 0.288. The molecule has 1 rings (SSSR count). The van der Waals surface area contributed by atoms with Gasteiger partial charge < -0.3 is 22.1 Å². The topological polar surface area (TPSA) is 102 Å². The van der Waals surface area contributed by atoms with Gasteiger partial charge in [0.25, 0.3) is 0 Å². The molecule has 0 spiro atoms. The van der Waals surface area contributed by atoms with Crippen molar-refractivity contribution < 1.29 is 4.79 Å². The number of nitrogens with zero attached hydrogens (tertiary/aromatic N) is 2. The zero-order chi connectivity index (χ0) is 14.8. The highest BCUT2D eigenvalue weighted by Crippen LogP contribution is 2.05. The summed E-state index contributed by atoms with van der Waals surface area (Å²) in [6.45, 7) is 9.32. The molecule has 1 heterocycles. The Morgan fingerprint density at radius 3 is 2.00 bits per heavy atom. The van der Waals surface area contributed by atoms with Crippen LogP contribution in [0, 0.1) is 0 Å². The van der Waals surface area contributed by atoms with Crippen LogP contribution in [0.1, 0.15) is 20.8 Å². The molecule has 1 aliphatic rings. The van der Waals surface area contributed by atoms with E-state index in [1.807, 2.05) is 25.7 Å². The van der Waals surface area contributed by atoms with Crippen LogP contribution in [0.2, 0.25) is 0 Å². The van der Waals surface area contributed by atoms with Gasteiger partial charge in [-0.25, -0.2) is 0 Å². The maximum atomic E-state index is 10.8. The van der Waals surface area contributed by atoms with Crippen LogP contribution in [0.5, 0.6) is 0 Å². The molecule has 1 amide bonds. The zero-order valence-corrected chi connectivity index (χ0v) is 12.2. The largest absolute Gasteiger partial charge is 0.402 e. The molecule has 6 heteroatoms.